The minimum Gasteiger partial charge on any atom is -0.481 e. The van der Waals surface area contributed by atoms with Gasteiger partial charge in [0.05, 0.1) is 7.11 Å². The summed E-state index contributed by atoms with van der Waals surface area (Å²) < 4.78 is 42.3. The maximum atomic E-state index is 12.4. The number of carbonyl (C=O) groups is 2. The van der Waals surface area contributed by atoms with Gasteiger partial charge in [-0.3, -0.25) is 9.52 Å². The van der Waals surface area contributed by atoms with Crippen LogP contribution in [-0.2, 0) is 10.3 Å². The molecule has 3 aromatic rings. The standard InChI is InChI=1S/C19H15ClN4O7S.Na/c1-29-16-11-15(20)21-18(22-16)23-19(26)24-32(27,28)31-14-10-6-5-9-13(14)17(25)30-12-7-3-2-4-8-12;/h2-11H,1H3,(H2,21,22,23,24,26);/q;+1/p-1. The van der Waals surface area contributed by atoms with Crippen LogP contribution in [0.4, 0.5) is 10.7 Å². The van der Waals surface area contributed by atoms with Crippen molar-refractivity contribution in [2.45, 2.75) is 0 Å². The van der Waals surface area contributed by atoms with E-state index in [1.54, 1.807) is 30.3 Å². The van der Waals surface area contributed by atoms with Gasteiger partial charge in [0.15, 0.2) is 11.8 Å². The molecule has 0 aliphatic rings. The Hall–Kier alpha value is -2.90. The number of halogens is 1. The molecule has 0 spiro atoms. The first-order valence-electron chi connectivity index (χ1n) is 8.69. The summed E-state index contributed by atoms with van der Waals surface area (Å²) in [5, 5.41) is 1.97. The Kier molecular flexibility index (Phi) is 9.44. The van der Waals surface area contributed by atoms with Gasteiger partial charge in [-0.1, -0.05) is 41.9 Å². The number of aromatic nitrogens is 2. The van der Waals surface area contributed by atoms with Gasteiger partial charge in [-0.15, -0.1) is 0 Å². The van der Waals surface area contributed by atoms with Crippen LogP contribution >= 0.6 is 11.6 Å². The maximum absolute atomic E-state index is 12.4. The van der Waals surface area contributed by atoms with E-state index < -0.39 is 22.3 Å². The maximum Gasteiger partial charge on any atom is 1.00 e. The number of rotatable bonds is 7. The molecule has 2 amide bonds. The molecule has 3 rings (SSSR count). The molecule has 0 atom stereocenters. The minimum atomic E-state index is -4.82. The molecule has 0 saturated carbocycles. The summed E-state index contributed by atoms with van der Waals surface area (Å²) in [5.41, 5.74) is -0.196. The van der Waals surface area contributed by atoms with Crippen LogP contribution in [0.25, 0.3) is 4.72 Å². The molecule has 11 nitrogen and oxygen atoms in total. The van der Waals surface area contributed by atoms with Gasteiger partial charge in [-0.05, 0) is 24.3 Å². The van der Waals surface area contributed by atoms with E-state index in [1.807, 2.05) is 5.32 Å². The number of para-hydroxylation sites is 2. The second-order valence-corrected chi connectivity index (χ2v) is 7.38. The molecule has 33 heavy (non-hydrogen) atoms. The molecular weight excluding hydrogens is 487 g/mol. The fourth-order valence-corrected chi connectivity index (χ4v) is 3.10. The van der Waals surface area contributed by atoms with Crippen molar-refractivity contribution in [1.82, 2.24) is 9.97 Å². The monoisotopic (exact) mass is 500 g/mol. The number of hydrogen-bond donors (Lipinski definition) is 1. The molecule has 0 aliphatic carbocycles. The van der Waals surface area contributed by atoms with Crippen LogP contribution in [0.15, 0.2) is 60.7 Å². The summed E-state index contributed by atoms with van der Waals surface area (Å²) >= 11 is 5.76. The first kappa shape index (κ1) is 26.4. The molecule has 1 aromatic heterocycles. The van der Waals surface area contributed by atoms with E-state index in [0.29, 0.717) is 0 Å². The topological polar surface area (TPSA) is 148 Å². The number of carbonyl (C=O) groups excluding carboxylic acids is 2. The van der Waals surface area contributed by atoms with Crippen LogP contribution in [0.5, 0.6) is 17.4 Å². The van der Waals surface area contributed by atoms with Crippen molar-refractivity contribution in [1.29, 1.82) is 0 Å². The SMILES string of the molecule is COc1cc(Cl)nc(NC(=O)[N-]S(=O)(=O)Oc2ccccc2C(=O)Oc2ccccc2)n1.[Na+]. The van der Waals surface area contributed by atoms with Gasteiger partial charge in [0.25, 0.3) is 0 Å². The van der Waals surface area contributed by atoms with E-state index in [-0.39, 0.29) is 63.6 Å². The molecule has 1 heterocycles. The number of nitrogens with one attached hydrogen (secondary N) is 1. The number of anilines is 1. The number of hydrogen-bond acceptors (Lipinski definition) is 9. The first-order valence-corrected chi connectivity index (χ1v) is 10.4. The Bertz CT molecular complexity index is 1250. The van der Waals surface area contributed by atoms with Gasteiger partial charge in [0.1, 0.15) is 22.4 Å². The normalized spacial score (nSPS) is 10.4. The van der Waals surface area contributed by atoms with Gasteiger partial charge < -0.3 is 19.0 Å². The molecule has 0 unspecified atom stereocenters. The van der Waals surface area contributed by atoms with Gasteiger partial charge in [0, 0.05) is 6.07 Å². The van der Waals surface area contributed by atoms with Crippen molar-refractivity contribution >= 4 is 39.9 Å². The van der Waals surface area contributed by atoms with Crippen molar-refractivity contribution in [3.63, 3.8) is 0 Å². The quantitative estimate of drug-likeness (QED) is 0.213. The van der Waals surface area contributed by atoms with E-state index >= 15 is 0 Å². The van der Waals surface area contributed by atoms with Gasteiger partial charge in [0.2, 0.25) is 5.88 Å². The smallest absolute Gasteiger partial charge is 0.481 e. The predicted molar refractivity (Wildman–Crippen MR) is 113 cm³/mol. The van der Waals surface area contributed by atoms with Crippen LogP contribution in [0, 0.1) is 0 Å². The molecule has 0 fully saturated rings. The van der Waals surface area contributed by atoms with Crippen LogP contribution in [0.3, 0.4) is 0 Å². The molecule has 0 radical (unpaired) electrons. The number of nitrogens with zero attached hydrogens (tertiary/aromatic N) is 3. The van der Waals surface area contributed by atoms with E-state index in [0.717, 1.165) is 0 Å². The summed E-state index contributed by atoms with van der Waals surface area (Å²) in [6, 6.07) is 13.5. The summed E-state index contributed by atoms with van der Waals surface area (Å²) in [6.45, 7) is 0. The molecule has 2 aromatic carbocycles. The Morgan fingerprint density at radius 1 is 1.03 bits per heavy atom. The molecule has 0 aliphatic heterocycles. The second-order valence-electron chi connectivity index (χ2n) is 5.79. The zero-order valence-corrected chi connectivity index (χ0v) is 20.8. The van der Waals surface area contributed by atoms with Crippen molar-refractivity contribution in [3.8, 4) is 17.4 Å². The molecular formula is C19H14ClN4NaO7S. The molecule has 1 N–H and O–H groups in total. The Labute approximate surface area is 216 Å². The fourth-order valence-electron chi connectivity index (χ4n) is 2.27. The van der Waals surface area contributed by atoms with Crippen molar-refractivity contribution in [3.05, 3.63) is 76.1 Å². The van der Waals surface area contributed by atoms with Crippen LogP contribution in [-0.4, -0.2) is 37.5 Å². The summed E-state index contributed by atoms with van der Waals surface area (Å²) in [7, 11) is -3.51. The van der Waals surface area contributed by atoms with Gasteiger partial charge >= 0.3 is 45.8 Å². The Morgan fingerprint density at radius 2 is 1.70 bits per heavy atom. The predicted octanol–water partition coefficient (Wildman–Crippen LogP) is 0.591. The zero-order chi connectivity index (χ0) is 23.1. The Morgan fingerprint density at radius 3 is 2.39 bits per heavy atom. The van der Waals surface area contributed by atoms with Crippen molar-refractivity contribution in [2.75, 3.05) is 12.4 Å². The van der Waals surface area contributed by atoms with E-state index in [2.05, 4.69) is 14.7 Å². The summed E-state index contributed by atoms with van der Waals surface area (Å²) in [4.78, 5) is 31.9. The number of methoxy groups -OCH3 is 1. The zero-order valence-electron chi connectivity index (χ0n) is 17.3. The molecule has 0 bridgehead atoms. The van der Waals surface area contributed by atoms with E-state index in [4.69, 9.17) is 25.3 Å². The number of ether oxygens (including phenoxy) is 2. The second kappa shape index (κ2) is 11.8. The van der Waals surface area contributed by atoms with Crippen LogP contribution < -0.4 is 48.5 Å². The van der Waals surface area contributed by atoms with Crippen molar-refractivity contribution < 1.29 is 61.2 Å². The first-order chi connectivity index (χ1) is 15.3. The van der Waals surface area contributed by atoms with Crippen LogP contribution in [0.2, 0.25) is 5.15 Å². The third kappa shape index (κ3) is 7.87. The minimum absolute atomic E-state index is 0. The number of urea groups is 1. The third-order valence-corrected chi connectivity index (χ3v) is 4.52. The van der Waals surface area contributed by atoms with Crippen molar-refractivity contribution in [2.24, 2.45) is 0 Å². The van der Waals surface area contributed by atoms with Gasteiger partial charge in [-0.2, -0.15) is 13.4 Å². The van der Waals surface area contributed by atoms with E-state index in [9.17, 15) is 18.0 Å². The van der Waals surface area contributed by atoms with Gasteiger partial charge in [-0.25, -0.2) is 9.78 Å². The fraction of sp³-hybridized carbons (Fsp3) is 0.0526. The summed E-state index contributed by atoms with van der Waals surface area (Å²) in [5.74, 6) is -1.32. The third-order valence-electron chi connectivity index (χ3n) is 3.55. The molecule has 166 valence electrons. The number of amides is 2. The van der Waals surface area contributed by atoms with Crippen LogP contribution in [0.1, 0.15) is 10.4 Å². The summed E-state index contributed by atoms with van der Waals surface area (Å²) in [6.07, 6.45) is 0. The average Bonchev–Trinajstić information content (AvgIpc) is 2.73. The number of benzene rings is 2. The Balaban J connectivity index is 0.00000385. The molecule has 0 saturated heterocycles. The molecule has 14 heteroatoms. The largest absolute Gasteiger partial charge is 1.00 e. The number of esters is 1. The van der Waals surface area contributed by atoms with E-state index in [1.165, 1.54) is 37.4 Å². The average molecular weight is 501 g/mol.